The summed E-state index contributed by atoms with van der Waals surface area (Å²) in [5, 5.41) is 12.4. The van der Waals surface area contributed by atoms with Gasteiger partial charge in [-0.25, -0.2) is 4.98 Å². The zero-order valence-corrected chi connectivity index (χ0v) is 12.1. The van der Waals surface area contributed by atoms with Crippen molar-refractivity contribution in [3.8, 4) is 0 Å². The molecule has 1 aromatic rings. The van der Waals surface area contributed by atoms with E-state index in [1.807, 2.05) is 0 Å². The highest BCUT2D eigenvalue weighted by atomic mass is 32.1. The summed E-state index contributed by atoms with van der Waals surface area (Å²) in [7, 11) is 0. The van der Waals surface area contributed by atoms with Crippen LogP contribution in [0, 0.1) is 5.41 Å². The molecule has 1 rings (SSSR count). The first-order valence-corrected chi connectivity index (χ1v) is 7.03. The largest absolute Gasteiger partial charge is 0.481 e. The van der Waals surface area contributed by atoms with Gasteiger partial charge in [-0.05, 0) is 12.8 Å². The van der Waals surface area contributed by atoms with Gasteiger partial charge in [0.15, 0.2) is 0 Å². The molecular weight excluding hydrogens is 293 g/mol. The van der Waals surface area contributed by atoms with Crippen LogP contribution in [0.2, 0.25) is 0 Å². The van der Waals surface area contributed by atoms with Crippen LogP contribution in [0.4, 0.5) is 13.2 Å². The number of aliphatic carboxylic acids is 1. The lowest BCUT2D eigenvalue weighted by molar-refractivity contribution is -0.149. The zero-order valence-electron chi connectivity index (χ0n) is 11.3. The molecule has 0 spiro atoms. The molecule has 0 fully saturated rings. The zero-order chi connectivity index (χ0) is 15.4. The molecular formula is C12H17F3N2O2S. The van der Waals surface area contributed by atoms with Gasteiger partial charge < -0.3 is 10.4 Å². The minimum atomic E-state index is -4.38. The minimum Gasteiger partial charge on any atom is -0.481 e. The average Bonchev–Trinajstić information content (AvgIpc) is 2.83. The van der Waals surface area contributed by atoms with Gasteiger partial charge in [0.05, 0.1) is 11.6 Å². The van der Waals surface area contributed by atoms with Gasteiger partial charge in [0.2, 0.25) is 0 Å². The van der Waals surface area contributed by atoms with Gasteiger partial charge >= 0.3 is 12.1 Å². The Kier molecular flexibility index (Phi) is 5.52. The first-order chi connectivity index (χ1) is 9.25. The van der Waals surface area contributed by atoms with Crippen LogP contribution in [0.5, 0.6) is 0 Å². The molecule has 0 saturated heterocycles. The van der Waals surface area contributed by atoms with Gasteiger partial charge in [-0.1, -0.05) is 13.8 Å². The molecule has 4 nitrogen and oxygen atoms in total. The van der Waals surface area contributed by atoms with Crippen molar-refractivity contribution >= 4 is 17.3 Å². The number of nitrogens with zero attached hydrogens (tertiary/aromatic N) is 1. The number of alkyl halides is 3. The standard InChI is InChI=1S/C12H17F3N2O2S/c1-3-11(4-2,10(18)19)7-16-6-9-17-5-8(20-9)12(13,14)15/h5,16H,3-4,6-7H2,1-2H3,(H,18,19). The Morgan fingerprint density at radius 1 is 1.40 bits per heavy atom. The molecule has 0 radical (unpaired) electrons. The number of rotatable bonds is 7. The fourth-order valence-electron chi connectivity index (χ4n) is 1.81. The smallest absolute Gasteiger partial charge is 0.427 e. The molecule has 0 aromatic carbocycles. The van der Waals surface area contributed by atoms with Crippen molar-refractivity contribution in [2.45, 2.75) is 39.4 Å². The Balaban J connectivity index is 2.60. The maximum absolute atomic E-state index is 12.4. The van der Waals surface area contributed by atoms with Gasteiger partial charge in [-0.2, -0.15) is 13.2 Å². The predicted molar refractivity (Wildman–Crippen MR) is 69.5 cm³/mol. The van der Waals surface area contributed by atoms with E-state index >= 15 is 0 Å². The molecule has 8 heteroatoms. The summed E-state index contributed by atoms with van der Waals surface area (Å²) in [5.74, 6) is -0.898. The van der Waals surface area contributed by atoms with E-state index in [-0.39, 0.29) is 13.1 Å². The van der Waals surface area contributed by atoms with Gasteiger partial charge in [-0.15, -0.1) is 11.3 Å². The van der Waals surface area contributed by atoms with Crippen LogP contribution < -0.4 is 5.32 Å². The van der Waals surface area contributed by atoms with Gasteiger partial charge in [0.25, 0.3) is 0 Å². The van der Waals surface area contributed by atoms with E-state index in [9.17, 15) is 23.1 Å². The quantitative estimate of drug-likeness (QED) is 0.812. The maximum atomic E-state index is 12.4. The third-order valence-electron chi connectivity index (χ3n) is 3.38. The number of hydrogen-bond acceptors (Lipinski definition) is 4. The van der Waals surface area contributed by atoms with Crippen molar-refractivity contribution in [2.24, 2.45) is 5.41 Å². The van der Waals surface area contributed by atoms with Crippen LogP contribution in [0.1, 0.15) is 36.6 Å². The number of thiazole rings is 1. The molecule has 2 N–H and O–H groups in total. The molecule has 0 bridgehead atoms. The summed E-state index contributed by atoms with van der Waals surface area (Å²) in [6.07, 6.45) is -2.67. The Morgan fingerprint density at radius 2 is 2.00 bits per heavy atom. The van der Waals surface area contributed by atoms with Crippen molar-refractivity contribution in [2.75, 3.05) is 6.54 Å². The minimum absolute atomic E-state index is 0.135. The summed E-state index contributed by atoms with van der Waals surface area (Å²) in [5.41, 5.74) is -0.885. The van der Waals surface area contributed by atoms with E-state index in [0.717, 1.165) is 6.20 Å². The summed E-state index contributed by atoms with van der Waals surface area (Å²) in [4.78, 5) is 14.2. The second kappa shape index (κ2) is 6.53. The number of nitrogens with one attached hydrogen (secondary N) is 1. The molecule has 0 aliphatic heterocycles. The van der Waals surface area contributed by atoms with Crippen LogP contribution in [-0.2, 0) is 17.5 Å². The number of halogens is 3. The number of carbonyl (C=O) groups is 1. The molecule has 0 aliphatic carbocycles. The molecule has 1 aromatic heterocycles. The van der Waals surface area contributed by atoms with Crippen LogP contribution in [0.25, 0.3) is 0 Å². The van der Waals surface area contributed by atoms with Crippen molar-refractivity contribution in [1.82, 2.24) is 10.3 Å². The highest BCUT2D eigenvalue weighted by molar-refractivity contribution is 7.11. The van der Waals surface area contributed by atoms with Gasteiger partial charge in [0, 0.05) is 13.1 Å². The highest BCUT2D eigenvalue weighted by Gasteiger charge is 2.35. The van der Waals surface area contributed by atoms with Crippen molar-refractivity contribution in [1.29, 1.82) is 0 Å². The van der Waals surface area contributed by atoms with Gasteiger partial charge in [-0.3, -0.25) is 4.79 Å². The molecule has 20 heavy (non-hydrogen) atoms. The summed E-state index contributed by atoms with van der Waals surface area (Å²) in [6, 6.07) is 0. The van der Waals surface area contributed by atoms with Crippen molar-refractivity contribution in [3.05, 3.63) is 16.1 Å². The highest BCUT2D eigenvalue weighted by Crippen LogP contribution is 2.33. The SMILES string of the molecule is CCC(CC)(CNCc1ncc(C(F)(F)F)s1)C(=O)O. The van der Waals surface area contributed by atoms with E-state index in [4.69, 9.17) is 0 Å². The van der Waals surface area contributed by atoms with E-state index in [1.54, 1.807) is 13.8 Å². The summed E-state index contributed by atoms with van der Waals surface area (Å²) >= 11 is 0.568. The molecule has 0 unspecified atom stereocenters. The fourth-order valence-corrected chi connectivity index (χ4v) is 2.56. The Hall–Kier alpha value is -1.15. The van der Waals surface area contributed by atoms with Crippen LogP contribution in [-0.4, -0.2) is 22.6 Å². The first kappa shape index (κ1) is 16.9. The van der Waals surface area contributed by atoms with Crippen LogP contribution in [0.15, 0.2) is 6.20 Å². The van der Waals surface area contributed by atoms with Gasteiger partial charge in [0.1, 0.15) is 9.88 Å². The van der Waals surface area contributed by atoms with E-state index in [0.29, 0.717) is 29.2 Å². The Bertz CT molecular complexity index is 456. The Morgan fingerprint density at radius 3 is 2.40 bits per heavy atom. The van der Waals surface area contributed by atoms with E-state index in [2.05, 4.69) is 10.3 Å². The van der Waals surface area contributed by atoms with Crippen LogP contribution in [0.3, 0.4) is 0 Å². The fraction of sp³-hybridized carbons (Fsp3) is 0.667. The predicted octanol–water partition coefficient (Wildman–Crippen LogP) is 3.14. The molecule has 0 aliphatic rings. The Labute approximate surface area is 119 Å². The maximum Gasteiger partial charge on any atom is 0.427 e. The van der Waals surface area contributed by atoms with E-state index < -0.39 is 22.4 Å². The molecule has 0 atom stereocenters. The normalized spacial score (nSPS) is 12.7. The second-order valence-corrected chi connectivity index (χ2v) is 5.63. The lowest BCUT2D eigenvalue weighted by Crippen LogP contribution is -2.39. The van der Waals surface area contributed by atoms with Crippen molar-refractivity contribution < 1.29 is 23.1 Å². The number of carboxylic acids is 1. The molecule has 0 saturated carbocycles. The second-order valence-electron chi connectivity index (χ2n) is 4.51. The molecule has 0 amide bonds. The monoisotopic (exact) mass is 310 g/mol. The first-order valence-electron chi connectivity index (χ1n) is 6.21. The summed E-state index contributed by atoms with van der Waals surface area (Å²) in [6.45, 7) is 3.90. The number of aromatic nitrogens is 1. The topological polar surface area (TPSA) is 62.2 Å². The number of carboxylic acid groups (broad SMARTS) is 1. The van der Waals surface area contributed by atoms with E-state index in [1.165, 1.54) is 0 Å². The lowest BCUT2D eigenvalue weighted by Gasteiger charge is -2.26. The van der Waals surface area contributed by atoms with Crippen LogP contribution >= 0.6 is 11.3 Å². The van der Waals surface area contributed by atoms with Crippen molar-refractivity contribution in [3.63, 3.8) is 0 Å². The lowest BCUT2D eigenvalue weighted by atomic mass is 9.82. The average molecular weight is 310 g/mol. The molecule has 114 valence electrons. The number of hydrogen-bond donors (Lipinski definition) is 2. The summed E-state index contributed by atoms with van der Waals surface area (Å²) < 4.78 is 37.2. The third-order valence-corrected chi connectivity index (χ3v) is 4.42. The third kappa shape index (κ3) is 3.92. The molecule has 1 heterocycles.